The SMILES string of the molecule is CCc1cc(CN(Cc2cc(C(F)(F)F)ccc2-c2cc(C(C)C)ccc2OC)C(=O)OC)cc(C(F)(F)F)c1. The first-order chi connectivity index (χ1) is 18.7. The largest absolute Gasteiger partial charge is 0.496 e. The van der Waals surface area contributed by atoms with E-state index in [1.165, 1.54) is 19.2 Å². The molecule has 0 unspecified atom stereocenters. The van der Waals surface area contributed by atoms with Gasteiger partial charge in [-0.2, -0.15) is 26.3 Å². The molecule has 10 heteroatoms. The van der Waals surface area contributed by atoms with Crippen LogP contribution in [0, 0.1) is 0 Å². The van der Waals surface area contributed by atoms with Gasteiger partial charge in [0.1, 0.15) is 5.75 Å². The van der Waals surface area contributed by atoms with Crippen LogP contribution in [-0.2, 0) is 36.6 Å². The summed E-state index contributed by atoms with van der Waals surface area (Å²) >= 11 is 0. The van der Waals surface area contributed by atoms with E-state index in [0.717, 1.165) is 41.8 Å². The van der Waals surface area contributed by atoms with Gasteiger partial charge in [0.2, 0.25) is 0 Å². The maximum Gasteiger partial charge on any atom is 0.416 e. The molecule has 0 saturated heterocycles. The molecule has 0 radical (unpaired) electrons. The number of nitrogens with zero attached hydrogens (tertiary/aromatic N) is 1. The first-order valence-electron chi connectivity index (χ1n) is 12.6. The Morgan fingerprint density at radius 2 is 1.45 bits per heavy atom. The maximum absolute atomic E-state index is 13.7. The number of rotatable bonds is 8. The molecule has 1 amide bonds. The number of carbonyl (C=O) groups is 1. The number of halogens is 6. The Hall–Kier alpha value is -3.69. The van der Waals surface area contributed by atoms with Gasteiger partial charge in [0.05, 0.1) is 25.3 Å². The van der Waals surface area contributed by atoms with Gasteiger partial charge in [-0.3, -0.25) is 4.90 Å². The number of carbonyl (C=O) groups excluding carboxylic acids is 1. The van der Waals surface area contributed by atoms with Gasteiger partial charge in [0.15, 0.2) is 0 Å². The molecule has 216 valence electrons. The fourth-order valence-corrected chi connectivity index (χ4v) is 4.42. The highest BCUT2D eigenvalue weighted by atomic mass is 19.4. The van der Waals surface area contributed by atoms with Crippen molar-refractivity contribution in [2.45, 2.75) is 58.6 Å². The number of hydrogen-bond acceptors (Lipinski definition) is 3. The predicted molar refractivity (Wildman–Crippen MR) is 140 cm³/mol. The number of amides is 1. The summed E-state index contributed by atoms with van der Waals surface area (Å²) in [5.74, 6) is 0.531. The molecule has 0 bridgehead atoms. The van der Waals surface area contributed by atoms with Gasteiger partial charge < -0.3 is 9.47 Å². The van der Waals surface area contributed by atoms with Crippen LogP contribution in [0.2, 0.25) is 0 Å². The average molecular weight is 568 g/mol. The van der Waals surface area contributed by atoms with Crippen LogP contribution >= 0.6 is 0 Å². The van der Waals surface area contributed by atoms with Gasteiger partial charge >= 0.3 is 18.4 Å². The lowest BCUT2D eigenvalue weighted by Crippen LogP contribution is -2.30. The van der Waals surface area contributed by atoms with Crippen molar-refractivity contribution in [2.75, 3.05) is 14.2 Å². The van der Waals surface area contributed by atoms with E-state index < -0.39 is 29.6 Å². The summed E-state index contributed by atoms with van der Waals surface area (Å²) in [6.45, 7) is 4.96. The van der Waals surface area contributed by atoms with E-state index in [9.17, 15) is 31.1 Å². The van der Waals surface area contributed by atoms with Crippen molar-refractivity contribution in [1.82, 2.24) is 4.90 Å². The maximum atomic E-state index is 13.7. The first kappa shape index (κ1) is 30.8. The minimum atomic E-state index is -4.66. The lowest BCUT2D eigenvalue weighted by Gasteiger charge is -2.25. The lowest BCUT2D eigenvalue weighted by atomic mass is 9.92. The fourth-order valence-electron chi connectivity index (χ4n) is 4.42. The van der Waals surface area contributed by atoms with Crippen LogP contribution in [0.3, 0.4) is 0 Å². The molecule has 3 aromatic carbocycles. The van der Waals surface area contributed by atoms with E-state index in [2.05, 4.69) is 0 Å². The Bertz CT molecular complexity index is 1350. The van der Waals surface area contributed by atoms with Crippen LogP contribution in [0.15, 0.2) is 54.6 Å². The summed E-state index contributed by atoms with van der Waals surface area (Å²) in [6.07, 6.45) is -9.85. The number of methoxy groups -OCH3 is 2. The van der Waals surface area contributed by atoms with E-state index in [4.69, 9.17) is 9.47 Å². The molecule has 0 atom stereocenters. The third kappa shape index (κ3) is 7.28. The summed E-state index contributed by atoms with van der Waals surface area (Å²) in [6, 6.07) is 12.1. The Kier molecular flexibility index (Phi) is 9.43. The van der Waals surface area contributed by atoms with Gasteiger partial charge in [-0.25, -0.2) is 4.79 Å². The van der Waals surface area contributed by atoms with Crippen molar-refractivity contribution in [1.29, 1.82) is 0 Å². The number of ether oxygens (including phenoxy) is 2. The monoisotopic (exact) mass is 567 g/mol. The zero-order valence-electron chi connectivity index (χ0n) is 22.8. The number of aryl methyl sites for hydroxylation is 1. The van der Waals surface area contributed by atoms with Gasteiger partial charge in [0, 0.05) is 18.7 Å². The fraction of sp³-hybridized carbons (Fsp3) is 0.367. The molecule has 0 spiro atoms. The molecule has 0 aliphatic heterocycles. The minimum Gasteiger partial charge on any atom is -0.496 e. The number of benzene rings is 3. The molecule has 0 N–H and O–H groups in total. The van der Waals surface area contributed by atoms with Crippen LogP contribution in [0.25, 0.3) is 11.1 Å². The molecule has 4 nitrogen and oxygen atoms in total. The van der Waals surface area contributed by atoms with Crippen LogP contribution in [-0.4, -0.2) is 25.2 Å². The Morgan fingerprint density at radius 1 is 0.800 bits per heavy atom. The van der Waals surface area contributed by atoms with Crippen LogP contribution in [0.1, 0.15) is 60.1 Å². The summed E-state index contributed by atoms with van der Waals surface area (Å²) in [5.41, 5.74) is 0.734. The third-order valence-electron chi connectivity index (χ3n) is 6.57. The van der Waals surface area contributed by atoms with Crippen molar-refractivity contribution >= 4 is 6.09 Å². The zero-order chi connectivity index (χ0) is 29.8. The van der Waals surface area contributed by atoms with Gasteiger partial charge in [0.25, 0.3) is 0 Å². The molecule has 0 saturated carbocycles. The van der Waals surface area contributed by atoms with Crippen molar-refractivity contribution in [3.8, 4) is 16.9 Å². The smallest absolute Gasteiger partial charge is 0.416 e. The van der Waals surface area contributed by atoms with Crippen LogP contribution < -0.4 is 4.74 Å². The summed E-state index contributed by atoms with van der Waals surface area (Å²) in [7, 11) is 2.54. The summed E-state index contributed by atoms with van der Waals surface area (Å²) < 4.78 is 92.1. The van der Waals surface area contributed by atoms with Crippen molar-refractivity contribution in [3.05, 3.63) is 88.0 Å². The molecule has 40 heavy (non-hydrogen) atoms. The van der Waals surface area contributed by atoms with Crippen molar-refractivity contribution < 1.29 is 40.6 Å². The highest BCUT2D eigenvalue weighted by molar-refractivity contribution is 5.76. The van der Waals surface area contributed by atoms with E-state index >= 15 is 0 Å². The Labute approximate surface area is 229 Å². The van der Waals surface area contributed by atoms with Gasteiger partial charge in [-0.05, 0) is 76.6 Å². The molecule has 0 heterocycles. The van der Waals surface area contributed by atoms with Gasteiger partial charge in [-0.15, -0.1) is 0 Å². The molecular formula is C30H31F6NO3. The number of alkyl halides is 6. The Morgan fingerprint density at radius 3 is 2.00 bits per heavy atom. The Balaban J connectivity index is 2.16. The van der Waals surface area contributed by atoms with Crippen LogP contribution in [0.4, 0.5) is 31.1 Å². The minimum absolute atomic E-state index is 0.114. The molecule has 0 fully saturated rings. The highest BCUT2D eigenvalue weighted by Gasteiger charge is 2.33. The second-order valence-electron chi connectivity index (χ2n) is 9.70. The zero-order valence-corrected chi connectivity index (χ0v) is 22.8. The molecule has 3 aromatic rings. The molecule has 0 aliphatic rings. The second-order valence-corrected chi connectivity index (χ2v) is 9.70. The predicted octanol–water partition coefficient (Wildman–Crippen LogP) is 8.85. The molecular weight excluding hydrogens is 536 g/mol. The second kappa shape index (κ2) is 12.2. The van der Waals surface area contributed by atoms with E-state index in [1.807, 2.05) is 26.0 Å². The van der Waals surface area contributed by atoms with E-state index in [0.29, 0.717) is 28.9 Å². The quantitative estimate of drug-likeness (QED) is 0.255. The molecule has 0 aromatic heterocycles. The standard InChI is InChI=1S/C30H31F6NO3/c1-6-19-11-20(13-24(12-19)30(34,35)36)16-37(28(38)40-5)17-22-14-23(29(31,32)33)8-9-25(22)26-15-21(18(2)3)7-10-27(26)39-4/h7-15,18H,6,16-17H2,1-5H3. The van der Waals surface area contributed by atoms with Gasteiger partial charge in [-0.1, -0.05) is 39.0 Å². The van der Waals surface area contributed by atoms with Crippen molar-refractivity contribution in [3.63, 3.8) is 0 Å². The van der Waals surface area contributed by atoms with Crippen LogP contribution in [0.5, 0.6) is 5.75 Å². The number of hydrogen-bond donors (Lipinski definition) is 0. The highest BCUT2D eigenvalue weighted by Crippen LogP contribution is 2.39. The first-order valence-corrected chi connectivity index (χ1v) is 12.6. The van der Waals surface area contributed by atoms with E-state index in [-0.39, 0.29) is 30.1 Å². The van der Waals surface area contributed by atoms with E-state index in [1.54, 1.807) is 13.0 Å². The summed E-state index contributed by atoms with van der Waals surface area (Å²) in [4.78, 5) is 13.9. The lowest BCUT2D eigenvalue weighted by molar-refractivity contribution is -0.138. The molecule has 3 rings (SSSR count). The third-order valence-corrected chi connectivity index (χ3v) is 6.57. The molecule has 0 aliphatic carbocycles. The summed E-state index contributed by atoms with van der Waals surface area (Å²) in [5, 5.41) is 0. The van der Waals surface area contributed by atoms with Crippen molar-refractivity contribution in [2.24, 2.45) is 0 Å². The average Bonchev–Trinajstić information content (AvgIpc) is 2.90. The topological polar surface area (TPSA) is 38.8 Å². The normalized spacial score (nSPS) is 12.0.